The summed E-state index contributed by atoms with van der Waals surface area (Å²) < 4.78 is 0. The van der Waals surface area contributed by atoms with E-state index in [4.69, 9.17) is 15.9 Å². The first-order valence-electron chi connectivity index (χ1n) is 7.38. The molecule has 11 nitrogen and oxygen atoms in total. The summed E-state index contributed by atoms with van der Waals surface area (Å²) in [5.41, 5.74) is 5.48. The van der Waals surface area contributed by atoms with E-state index >= 15 is 0 Å². The SMILES string of the molecule is N[C@@H](C[Se])C(=O)N[C@@H](CCC(=O)N[C@@H](CS)C(=O)NCC(=O)O)C(=O)O. The molecule has 0 heterocycles. The van der Waals surface area contributed by atoms with Crippen molar-refractivity contribution in [2.75, 3.05) is 12.3 Å². The monoisotopic (exact) mass is 457 g/mol. The second-order valence-electron chi connectivity index (χ2n) is 5.13. The summed E-state index contributed by atoms with van der Waals surface area (Å²) in [4.78, 5) is 56.8. The molecule has 0 spiro atoms. The quantitative estimate of drug-likeness (QED) is 0.119. The van der Waals surface area contributed by atoms with Crippen LogP contribution in [0, 0.1) is 0 Å². The van der Waals surface area contributed by atoms with Crippen molar-refractivity contribution in [3.8, 4) is 0 Å². The minimum atomic E-state index is -1.33. The molecule has 0 aliphatic heterocycles. The predicted octanol–water partition coefficient (Wildman–Crippen LogP) is -3.13. The molecule has 0 aromatic carbocycles. The first-order chi connectivity index (χ1) is 12.1. The summed E-state index contributed by atoms with van der Waals surface area (Å²) in [6.07, 6.45) is -0.510. The Kier molecular flexibility index (Phi) is 11.6. The average molecular weight is 456 g/mol. The van der Waals surface area contributed by atoms with Gasteiger partial charge in [0, 0.05) is 0 Å². The Morgan fingerprint density at radius 2 is 1.65 bits per heavy atom. The number of thiol groups is 1. The number of nitrogens with one attached hydrogen (secondary N) is 3. The van der Waals surface area contributed by atoms with Crippen molar-refractivity contribution in [1.29, 1.82) is 0 Å². The molecule has 3 amide bonds. The van der Waals surface area contributed by atoms with E-state index in [0.717, 1.165) is 0 Å². The van der Waals surface area contributed by atoms with E-state index in [9.17, 15) is 24.0 Å². The number of carbonyl (C=O) groups excluding carboxylic acids is 3. The van der Waals surface area contributed by atoms with Crippen LogP contribution >= 0.6 is 12.6 Å². The van der Waals surface area contributed by atoms with Crippen LogP contribution in [0.5, 0.6) is 0 Å². The van der Waals surface area contributed by atoms with Gasteiger partial charge in [0.25, 0.3) is 0 Å². The Morgan fingerprint density at radius 3 is 2.12 bits per heavy atom. The molecule has 0 aromatic heterocycles. The number of carboxylic acid groups (broad SMARTS) is 2. The first kappa shape index (κ1) is 24.2. The Morgan fingerprint density at radius 1 is 1.04 bits per heavy atom. The topological polar surface area (TPSA) is 188 Å². The Balaban J connectivity index is 4.57. The van der Waals surface area contributed by atoms with E-state index in [2.05, 4.69) is 44.6 Å². The van der Waals surface area contributed by atoms with Crippen molar-refractivity contribution in [3.05, 3.63) is 0 Å². The molecule has 0 aromatic rings. The molecule has 147 valence electrons. The second kappa shape index (κ2) is 12.5. The van der Waals surface area contributed by atoms with Crippen LogP contribution in [0.15, 0.2) is 0 Å². The van der Waals surface area contributed by atoms with Gasteiger partial charge in [-0.05, 0) is 0 Å². The maximum absolute atomic E-state index is 11.9. The normalized spacial score (nSPS) is 13.8. The Bertz CT molecular complexity index is 549. The number of rotatable bonds is 12. The van der Waals surface area contributed by atoms with Gasteiger partial charge < -0.3 is 5.11 Å². The van der Waals surface area contributed by atoms with Gasteiger partial charge in [-0.15, -0.1) is 0 Å². The summed E-state index contributed by atoms with van der Waals surface area (Å²) in [7, 11) is 0. The van der Waals surface area contributed by atoms with Crippen molar-refractivity contribution in [2.45, 2.75) is 36.3 Å². The molecule has 0 fully saturated rings. The molecule has 26 heavy (non-hydrogen) atoms. The van der Waals surface area contributed by atoms with Crippen molar-refractivity contribution in [2.24, 2.45) is 5.73 Å². The first-order valence-corrected chi connectivity index (χ1v) is 9.23. The van der Waals surface area contributed by atoms with Crippen molar-refractivity contribution >= 4 is 58.3 Å². The van der Waals surface area contributed by atoms with Crippen LogP contribution in [0.3, 0.4) is 0 Å². The van der Waals surface area contributed by atoms with Gasteiger partial charge in [0.1, 0.15) is 6.54 Å². The molecule has 0 saturated carbocycles. The second-order valence-corrected chi connectivity index (χ2v) is 6.19. The zero-order valence-electron chi connectivity index (χ0n) is 13.6. The van der Waals surface area contributed by atoms with E-state index in [1.54, 1.807) is 0 Å². The third kappa shape index (κ3) is 9.61. The number of carboxylic acids is 2. The number of hydrogen-bond donors (Lipinski definition) is 7. The average Bonchev–Trinajstić information content (AvgIpc) is 2.59. The number of carbonyl (C=O) groups is 5. The van der Waals surface area contributed by atoms with Crippen LogP contribution < -0.4 is 21.7 Å². The molecular formula is C13H21N4O7SSe. The molecule has 0 rings (SSSR count). The molecule has 7 N–H and O–H groups in total. The van der Waals surface area contributed by atoms with Crippen LogP contribution in [-0.2, 0) is 24.0 Å². The minimum absolute atomic E-state index is 0.0852. The molecule has 3 atom stereocenters. The van der Waals surface area contributed by atoms with Crippen molar-refractivity contribution in [3.63, 3.8) is 0 Å². The van der Waals surface area contributed by atoms with Gasteiger partial charge in [0.2, 0.25) is 0 Å². The van der Waals surface area contributed by atoms with Gasteiger partial charge in [-0.2, -0.15) is 0 Å². The summed E-state index contributed by atoms with van der Waals surface area (Å²) in [5, 5.41) is 24.4. The van der Waals surface area contributed by atoms with Gasteiger partial charge in [0.05, 0.1) is 0 Å². The number of nitrogens with two attached hydrogens (primary N) is 1. The van der Waals surface area contributed by atoms with Crippen LogP contribution in [0.4, 0.5) is 0 Å². The fraction of sp³-hybridized carbons (Fsp3) is 0.615. The van der Waals surface area contributed by atoms with Crippen molar-refractivity contribution < 1.29 is 34.2 Å². The van der Waals surface area contributed by atoms with Crippen LogP contribution in [0.25, 0.3) is 0 Å². The number of aliphatic carboxylic acids is 2. The molecule has 0 aliphatic rings. The standard InChI is InChI=1S/C13H21N4O7SSe/c14-6(5-26)11(21)17-7(13(23)24)1-2-9(18)16-8(4-25)12(22)15-3-10(19)20/h6-8,25H,1-5,14H2,(H,15,22)(H,16,18)(H,17,21)(H,19,20)(H,23,24)/t6-,7-,8-/m0/s1. The fourth-order valence-corrected chi connectivity index (χ4v) is 2.21. The molecule has 0 aliphatic carbocycles. The van der Waals surface area contributed by atoms with Gasteiger partial charge in [-0.1, -0.05) is 0 Å². The molecule has 0 bridgehead atoms. The van der Waals surface area contributed by atoms with Gasteiger partial charge in [0.15, 0.2) is 0 Å². The maximum atomic E-state index is 11.9. The molecule has 0 unspecified atom stereocenters. The van der Waals surface area contributed by atoms with Crippen LogP contribution in [0.1, 0.15) is 12.8 Å². The third-order valence-corrected chi connectivity index (χ3v) is 4.16. The Hall–Kier alpha value is -1.82. The summed E-state index contributed by atoms with van der Waals surface area (Å²) >= 11 is 6.46. The predicted molar refractivity (Wildman–Crippen MR) is 93.8 cm³/mol. The molecule has 13 heteroatoms. The van der Waals surface area contributed by atoms with Crippen molar-refractivity contribution in [1.82, 2.24) is 16.0 Å². The summed E-state index contributed by atoms with van der Waals surface area (Å²) in [5.74, 6) is -4.71. The van der Waals surface area contributed by atoms with E-state index in [-0.39, 0.29) is 23.9 Å². The Labute approximate surface area is 163 Å². The van der Waals surface area contributed by atoms with Crippen LogP contribution in [-0.4, -0.2) is 86.3 Å². The summed E-state index contributed by atoms with van der Waals surface area (Å²) in [6.45, 7) is -0.610. The molecule has 1 radical (unpaired) electrons. The number of amides is 3. The van der Waals surface area contributed by atoms with E-state index in [1.165, 1.54) is 0 Å². The summed E-state index contributed by atoms with van der Waals surface area (Å²) in [6, 6.07) is -3.30. The van der Waals surface area contributed by atoms with Gasteiger partial charge in [-0.25, -0.2) is 0 Å². The van der Waals surface area contributed by atoms with E-state index in [0.29, 0.717) is 0 Å². The van der Waals surface area contributed by atoms with Crippen LogP contribution in [0.2, 0.25) is 5.32 Å². The molecular weight excluding hydrogens is 435 g/mol. The van der Waals surface area contributed by atoms with E-state index < -0.39 is 54.3 Å². The van der Waals surface area contributed by atoms with E-state index in [1.807, 2.05) is 0 Å². The zero-order valence-corrected chi connectivity index (χ0v) is 16.2. The third-order valence-electron chi connectivity index (χ3n) is 3.04. The number of hydrogen-bond acceptors (Lipinski definition) is 7. The van der Waals surface area contributed by atoms with Gasteiger partial charge in [-0.3, -0.25) is 4.79 Å². The molecule has 0 saturated heterocycles. The van der Waals surface area contributed by atoms with Gasteiger partial charge >= 0.3 is 146 Å². The zero-order chi connectivity index (χ0) is 20.3. The fourth-order valence-electron chi connectivity index (χ4n) is 1.63.